The van der Waals surface area contributed by atoms with Crippen LogP contribution in [0, 0.1) is 5.82 Å². The van der Waals surface area contributed by atoms with Crippen molar-refractivity contribution in [1.29, 1.82) is 0 Å². The highest BCUT2D eigenvalue weighted by molar-refractivity contribution is 7.22. The molecule has 2 nitrogen and oxygen atoms in total. The van der Waals surface area contributed by atoms with E-state index in [2.05, 4.69) is 4.98 Å². The lowest BCUT2D eigenvalue weighted by atomic mass is 10.2. The summed E-state index contributed by atoms with van der Waals surface area (Å²) >= 11 is 1.47. The zero-order valence-electron chi connectivity index (χ0n) is 7.61. The minimum absolute atomic E-state index is 0.219. The first-order chi connectivity index (χ1) is 7.33. The number of benzene rings is 1. The van der Waals surface area contributed by atoms with Crippen LogP contribution in [0.1, 0.15) is 0 Å². The lowest BCUT2D eigenvalue weighted by Crippen LogP contribution is -1.68. The number of rotatable bonds is 1. The SMILES string of the molecule is Fc1ccc2cc(-c3ncco3)sc2c1. The molecule has 0 bridgehead atoms. The fourth-order valence-corrected chi connectivity index (χ4v) is 2.48. The lowest BCUT2D eigenvalue weighted by Gasteiger charge is -1.86. The van der Waals surface area contributed by atoms with Gasteiger partial charge in [-0.05, 0) is 23.6 Å². The van der Waals surface area contributed by atoms with Gasteiger partial charge in [0.25, 0.3) is 0 Å². The molecule has 3 rings (SSSR count). The smallest absolute Gasteiger partial charge is 0.236 e. The van der Waals surface area contributed by atoms with E-state index in [1.165, 1.54) is 29.7 Å². The Morgan fingerprint density at radius 1 is 1.27 bits per heavy atom. The third-order valence-corrected chi connectivity index (χ3v) is 3.21. The van der Waals surface area contributed by atoms with Gasteiger partial charge in [-0.1, -0.05) is 6.07 Å². The Hall–Kier alpha value is -1.68. The molecule has 0 aliphatic rings. The van der Waals surface area contributed by atoms with Crippen molar-refractivity contribution in [2.24, 2.45) is 0 Å². The van der Waals surface area contributed by atoms with E-state index in [-0.39, 0.29) is 5.82 Å². The molecule has 0 unspecified atom stereocenters. The first kappa shape index (κ1) is 8.61. The Balaban J connectivity index is 2.22. The van der Waals surface area contributed by atoms with Crippen molar-refractivity contribution in [3.05, 3.63) is 42.5 Å². The number of halogens is 1. The number of oxazole rings is 1. The molecule has 15 heavy (non-hydrogen) atoms. The van der Waals surface area contributed by atoms with Crippen molar-refractivity contribution in [3.8, 4) is 10.8 Å². The van der Waals surface area contributed by atoms with Gasteiger partial charge in [0.1, 0.15) is 12.1 Å². The van der Waals surface area contributed by atoms with Gasteiger partial charge < -0.3 is 4.42 Å². The van der Waals surface area contributed by atoms with E-state index in [1.54, 1.807) is 12.3 Å². The van der Waals surface area contributed by atoms with E-state index in [9.17, 15) is 4.39 Å². The molecule has 0 atom stereocenters. The Kier molecular flexibility index (Phi) is 1.82. The predicted octanol–water partition coefficient (Wildman–Crippen LogP) is 3.70. The maximum atomic E-state index is 13.0. The molecule has 4 heteroatoms. The third kappa shape index (κ3) is 1.43. The van der Waals surface area contributed by atoms with Crippen LogP contribution in [0.25, 0.3) is 20.9 Å². The zero-order valence-corrected chi connectivity index (χ0v) is 8.42. The van der Waals surface area contributed by atoms with Crippen LogP contribution in [0.3, 0.4) is 0 Å². The maximum absolute atomic E-state index is 13.0. The van der Waals surface area contributed by atoms with Crippen LogP contribution in [0.5, 0.6) is 0 Å². The van der Waals surface area contributed by atoms with Crippen LogP contribution in [0.2, 0.25) is 0 Å². The van der Waals surface area contributed by atoms with Gasteiger partial charge in [-0.3, -0.25) is 0 Å². The summed E-state index contributed by atoms with van der Waals surface area (Å²) < 4.78 is 19.0. The average Bonchev–Trinajstić information content (AvgIpc) is 2.84. The Bertz CT molecular complexity index is 600. The van der Waals surface area contributed by atoms with Crippen LogP contribution >= 0.6 is 11.3 Å². The summed E-state index contributed by atoms with van der Waals surface area (Å²) in [4.78, 5) is 4.97. The second-order valence-corrected chi connectivity index (χ2v) is 4.21. The van der Waals surface area contributed by atoms with E-state index in [0.717, 1.165) is 15.0 Å². The number of hydrogen-bond donors (Lipinski definition) is 0. The third-order valence-electron chi connectivity index (χ3n) is 2.13. The van der Waals surface area contributed by atoms with Gasteiger partial charge in [-0.2, -0.15) is 0 Å². The van der Waals surface area contributed by atoms with Crippen molar-refractivity contribution in [1.82, 2.24) is 4.98 Å². The molecule has 2 aromatic heterocycles. The van der Waals surface area contributed by atoms with Crippen molar-refractivity contribution in [2.75, 3.05) is 0 Å². The minimum atomic E-state index is -0.219. The molecule has 0 aliphatic carbocycles. The predicted molar refractivity (Wildman–Crippen MR) is 57.3 cm³/mol. The molecule has 0 spiro atoms. The largest absolute Gasteiger partial charge is 0.444 e. The monoisotopic (exact) mass is 219 g/mol. The highest BCUT2D eigenvalue weighted by Gasteiger charge is 2.07. The Labute approximate surface area is 89.0 Å². The molecule has 0 aliphatic heterocycles. The molecule has 74 valence electrons. The van der Waals surface area contributed by atoms with Crippen LogP contribution in [-0.4, -0.2) is 4.98 Å². The zero-order chi connectivity index (χ0) is 10.3. The first-order valence-corrected chi connectivity index (χ1v) is 5.23. The molecule has 0 N–H and O–H groups in total. The Morgan fingerprint density at radius 3 is 3.00 bits per heavy atom. The average molecular weight is 219 g/mol. The molecule has 0 saturated heterocycles. The summed E-state index contributed by atoms with van der Waals surface area (Å²) in [6, 6.07) is 6.68. The van der Waals surface area contributed by atoms with Crippen molar-refractivity contribution < 1.29 is 8.81 Å². The Morgan fingerprint density at radius 2 is 2.20 bits per heavy atom. The van der Waals surface area contributed by atoms with E-state index < -0.39 is 0 Å². The molecule has 0 saturated carbocycles. The van der Waals surface area contributed by atoms with Gasteiger partial charge in [0.05, 0.1) is 11.1 Å². The van der Waals surface area contributed by atoms with Crippen molar-refractivity contribution in [2.45, 2.75) is 0 Å². The fraction of sp³-hybridized carbons (Fsp3) is 0. The fourth-order valence-electron chi connectivity index (χ4n) is 1.46. The molecular formula is C11H6FNOS. The van der Waals surface area contributed by atoms with Crippen molar-refractivity contribution >= 4 is 21.4 Å². The second-order valence-electron chi connectivity index (χ2n) is 3.13. The normalized spacial score (nSPS) is 11.0. The first-order valence-electron chi connectivity index (χ1n) is 4.42. The maximum Gasteiger partial charge on any atom is 0.236 e. The van der Waals surface area contributed by atoms with Crippen LogP contribution < -0.4 is 0 Å². The number of aromatic nitrogens is 1. The van der Waals surface area contributed by atoms with Crippen LogP contribution in [0.15, 0.2) is 41.1 Å². The quantitative estimate of drug-likeness (QED) is 0.623. The summed E-state index contributed by atoms with van der Waals surface area (Å²) in [6.07, 6.45) is 3.13. The summed E-state index contributed by atoms with van der Waals surface area (Å²) in [5, 5.41) is 1.01. The second kappa shape index (κ2) is 3.17. The van der Waals surface area contributed by atoms with E-state index in [4.69, 9.17) is 4.42 Å². The van der Waals surface area contributed by atoms with Gasteiger partial charge in [0.15, 0.2) is 0 Å². The van der Waals surface area contributed by atoms with Crippen LogP contribution in [0.4, 0.5) is 4.39 Å². The molecule has 1 aromatic carbocycles. The van der Waals surface area contributed by atoms with Gasteiger partial charge >= 0.3 is 0 Å². The molecule has 0 radical (unpaired) electrons. The number of fused-ring (bicyclic) bond motifs is 1. The van der Waals surface area contributed by atoms with Crippen LogP contribution in [-0.2, 0) is 0 Å². The molecule has 3 aromatic rings. The molecule has 0 amide bonds. The molecule has 2 heterocycles. The summed E-state index contributed by atoms with van der Waals surface area (Å²) in [5.41, 5.74) is 0. The minimum Gasteiger partial charge on any atom is -0.444 e. The van der Waals surface area contributed by atoms with Gasteiger partial charge in [-0.25, -0.2) is 9.37 Å². The van der Waals surface area contributed by atoms with Gasteiger partial charge in [-0.15, -0.1) is 11.3 Å². The topological polar surface area (TPSA) is 26.0 Å². The lowest BCUT2D eigenvalue weighted by molar-refractivity contribution is 0.576. The number of nitrogens with zero attached hydrogens (tertiary/aromatic N) is 1. The van der Waals surface area contributed by atoms with E-state index in [0.29, 0.717) is 5.89 Å². The highest BCUT2D eigenvalue weighted by Crippen LogP contribution is 2.32. The molecule has 0 fully saturated rings. The van der Waals surface area contributed by atoms with Gasteiger partial charge in [0, 0.05) is 4.70 Å². The molecular weight excluding hydrogens is 213 g/mol. The van der Waals surface area contributed by atoms with E-state index >= 15 is 0 Å². The van der Waals surface area contributed by atoms with Crippen molar-refractivity contribution in [3.63, 3.8) is 0 Å². The van der Waals surface area contributed by atoms with E-state index in [1.807, 2.05) is 6.07 Å². The summed E-state index contributed by atoms with van der Waals surface area (Å²) in [5.74, 6) is 0.361. The van der Waals surface area contributed by atoms with Gasteiger partial charge in [0.2, 0.25) is 5.89 Å². The highest BCUT2D eigenvalue weighted by atomic mass is 32.1. The summed E-state index contributed by atoms with van der Waals surface area (Å²) in [7, 11) is 0. The number of hydrogen-bond acceptors (Lipinski definition) is 3. The summed E-state index contributed by atoms with van der Waals surface area (Å²) in [6.45, 7) is 0. The number of thiophene rings is 1. The standard InChI is InChI=1S/C11H6FNOS/c12-8-2-1-7-5-10(15-9(7)6-8)11-13-3-4-14-11/h1-6H.